The summed E-state index contributed by atoms with van der Waals surface area (Å²) in [5.74, 6) is 1.83. The lowest BCUT2D eigenvalue weighted by Gasteiger charge is -2.04. The fourth-order valence-electron chi connectivity index (χ4n) is 1.10. The number of nitrogens with one attached hydrogen (secondary N) is 1. The van der Waals surface area contributed by atoms with Crippen LogP contribution < -0.4 is 5.32 Å². The Morgan fingerprint density at radius 3 is 2.75 bits per heavy atom. The molecule has 0 radical (unpaired) electrons. The molecule has 1 N–H and O–H groups in total. The first-order chi connectivity index (χ1) is 7.77. The summed E-state index contributed by atoms with van der Waals surface area (Å²) in [7, 11) is 0. The number of rotatable bonds is 5. The van der Waals surface area contributed by atoms with Gasteiger partial charge in [0.2, 0.25) is 0 Å². The molecule has 0 aromatic heterocycles. The molecule has 1 aromatic carbocycles. The molecule has 1 rings (SSSR count). The number of hydrogen-bond donors (Lipinski definition) is 1. The molecule has 0 aliphatic heterocycles. The molecule has 1 aromatic rings. The highest BCUT2D eigenvalue weighted by molar-refractivity contribution is 5.89. The van der Waals surface area contributed by atoms with E-state index in [9.17, 15) is 4.79 Å². The first kappa shape index (κ1) is 11.9. The van der Waals surface area contributed by atoms with Gasteiger partial charge in [0.15, 0.2) is 6.61 Å². The fourth-order valence-corrected chi connectivity index (χ4v) is 1.10. The molecular weight excluding hydrogens is 202 g/mol. The molecule has 0 saturated heterocycles. The summed E-state index contributed by atoms with van der Waals surface area (Å²) < 4.78 is 4.79. The van der Waals surface area contributed by atoms with Gasteiger partial charge in [-0.25, -0.2) is 4.79 Å². The van der Waals surface area contributed by atoms with Gasteiger partial charge in [-0.15, -0.1) is 13.0 Å². The van der Waals surface area contributed by atoms with E-state index in [1.807, 2.05) is 0 Å². The van der Waals surface area contributed by atoms with Gasteiger partial charge in [0.1, 0.15) is 0 Å². The second-order valence-electron chi connectivity index (χ2n) is 3.03. The summed E-state index contributed by atoms with van der Waals surface area (Å²) in [6, 6.07) is 6.97. The quantitative estimate of drug-likeness (QED) is 0.464. The van der Waals surface area contributed by atoms with Gasteiger partial charge in [-0.2, -0.15) is 0 Å². The van der Waals surface area contributed by atoms with E-state index in [0.717, 1.165) is 5.69 Å². The molecule has 82 valence electrons. The van der Waals surface area contributed by atoms with E-state index in [-0.39, 0.29) is 6.61 Å². The van der Waals surface area contributed by atoms with Crippen molar-refractivity contribution < 1.29 is 9.53 Å². The van der Waals surface area contributed by atoms with Crippen molar-refractivity contribution >= 4 is 11.7 Å². The topological polar surface area (TPSA) is 38.3 Å². The smallest absolute Gasteiger partial charge is 0.339 e. The summed E-state index contributed by atoms with van der Waals surface area (Å²) >= 11 is 0. The molecule has 0 aliphatic carbocycles. The Bertz CT molecular complexity index is 401. The Morgan fingerprint density at radius 2 is 2.19 bits per heavy atom. The van der Waals surface area contributed by atoms with Gasteiger partial charge in [0.25, 0.3) is 0 Å². The fraction of sp³-hybridized carbons (Fsp3) is 0.154. The average Bonchev–Trinajstić information content (AvgIpc) is 2.34. The first-order valence-electron chi connectivity index (χ1n) is 4.83. The van der Waals surface area contributed by atoms with Crippen LogP contribution in [0.3, 0.4) is 0 Å². The largest absolute Gasteiger partial charge is 0.449 e. The molecule has 0 aliphatic rings. The SMILES string of the molecule is C#CCOC(=O)c1ccc(NCC=C)cc1. The maximum atomic E-state index is 11.4. The van der Waals surface area contributed by atoms with Crippen LogP contribution in [-0.2, 0) is 4.74 Å². The van der Waals surface area contributed by atoms with E-state index in [2.05, 4.69) is 17.8 Å². The third-order valence-corrected chi connectivity index (χ3v) is 1.86. The summed E-state index contributed by atoms with van der Waals surface area (Å²) in [5, 5.41) is 3.10. The molecular formula is C13H13NO2. The monoisotopic (exact) mass is 215 g/mol. The minimum Gasteiger partial charge on any atom is -0.449 e. The van der Waals surface area contributed by atoms with Gasteiger partial charge in [-0.1, -0.05) is 12.0 Å². The molecule has 0 saturated carbocycles. The van der Waals surface area contributed by atoms with Crippen molar-refractivity contribution in [2.24, 2.45) is 0 Å². The van der Waals surface area contributed by atoms with Gasteiger partial charge < -0.3 is 10.1 Å². The van der Waals surface area contributed by atoms with Crippen LogP contribution in [-0.4, -0.2) is 19.1 Å². The Labute approximate surface area is 95.1 Å². The van der Waals surface area contributed by atoms with Gasteiger partial charge in [0, 0.05) is 12.2 Å². The molecule has 3 heteroatoms. The zero-order valence-electron chi connectivity index (χ0n) is 8.90. The number of carbonyl (C=O) groups excluding carboxylic acids is 1. The van der Waals surface area contributed by atoms with Crippen molar-refractivity contribution in [3.8, 4) is 12.3 Å². The molecule has 16 heavy (non-hydrogen) atoms. The van der Waals surface area contributed by atoms with Gasteiger partial charge in [0.05, 0.1) is 5.56 Å². The number of anilines is 1. The number of benzene rings is 1. The lowest BCUT2D eigenvalue weighted by Crippen LogP contribution is -2.05. The normalized spacial score (nSPS) is 8.94. The third kappa shape index (κ3) is 3.50. The molecule has 0 spiro atoms. The van der Waals surface area contributed by atoms with E-state index in [4.69, 9.17) is 11.2 Å². The highest BCUT2D eigenvalue weighted by Gasteiger charge is 2.05. The molecule has 0 bridgehead atoms. The van der Waals surface area contributed by atoms with Gasteiger partial charge in [-0.3, -0.25) is 0 Å². The lowest BCUT2D eigenvalue weighted by molar-refractivity contribution is 0.0557. The second kappa shape index (κ2) is 6.31. The highest BCUT2D eigenvalue weighted by Crippen LogP contribution is 2.10. The second-order valence-corrected chi connectivity index (χ2v) is 3.03. The number of hydrogen-bond acceptors (Lipinski definition) is 3. The third-order valence-electron chi connectivity index (χ3n) is 1.86. The maximum absolute atomic E-state index is 11.4. The summed E-state index contributed by atoms with van der Waals surface area (Å²) in [6.45, 7) is 4.28. The zero-order chi connectivity index (χ0) is 11.8. The van der Waals surface area contributed by atoms with E-state index in [0.29, 0.717) is 12.1 Å². The van der Waals surface area contributed by atoms with E-state index >= 15 is 0 Å². The highest BCUT2D eigenvalue weighted by atomic mass is 16.5. The Morgan fingerprint density at radius 1 is 1.50 bits per heavy atom. The van der Waals surface area contributed by atoms with Crippen LogP contribution in [0.25, 0.3) is 0 Å². The summed E-state index contributed by atoms with van der Waals surface area (Å²) in [6.07, 6.45) is 6.75. The molecule has 0 atom stereocenters. The Hall–Kier alpha value is -2.21. The van der Waals surface area contributed by atoms with Gasteiger partial charge in [-0.05, 0) is 24.3 Å². The van der Waals surface area contributed by atoms with Crippen molar-refractivity contribution in [1.29, 1.82) is 0 Å². The molecule has 0 amide bonds. The van der Waals surface area contributed by atoms with E-state index < -0.39 is 5.97 Å². The predicted octanol–water partition coefficient (Wildman–Crippen LogP) is 2.07. The summed E-state index contributed by atoms with van der Waals surface area (Å²) in [5.41, 5.74) is 1.41. The van der Waals surface area contributed by atoms with Crippen LogP contribution >= 0.6 is 0 Å². The number of carbonyl (C=O) groups is 1. The molecule has 3 nitrogen and oxygen atoms in total. The van der Waals surface area contributed by atoms with Crippen molar-refractivity contribution in [2.45, 2.75) is 0 Å². The van der Waals surface area contributed by atoms with Gasteiger partial charge >= 0.3 is 5.97 Å². The predicted molar refractivity (Wildman–Crippen MR) is 64.2 cm³/mol. The number of esters is 1. The van der Waals surface area contributed by atoms with Crippen molar-refractivity contribution in [3.05, 3.63) is 42.5 Å². The average molecular weight is 215 g/mol. The zero-order valence-corrected chi connectivity index (χ0v) is 8.90. The minimum atomic E-state index is -0.409. The standard InChI is InChI=1S/C13H13NO2/c1-3-9-14-12-7-5-11(6-8-12)13(15)16-10-4-2/h2-3,5-8,14H,1,9-10H2. The van der Waals surface area contributed by atoms with Crippen LogP contribution in [0.15, 0.2) is 36.9 Å². The maximum Gasteiger partial charge on any atom is 0.339 e. The van der Waals surface area contributed by atoms with Crippen molar-refractivity contribution in [2.75, 3.05) is 18.5 Å². The van der Waals surface area contributed by atoms with Crippen molar-refractivity contribution in [3.63, 3.8) is 0 Å². The van der Waals surface area contributed by atoms with Crippen LogP contribution in [0.1, 0.15) is 10.4 Å². The molecule has 0 fully saturated rings. The molecule has 0 heterocycles. The van der Waals surface area contributed by atoms with Crippen LogP contribution in [0.4, 0.5) is 5.69 Å². The van der Waals surface area contributed by atoms with Crippen LogP contribution in [0.2, 0.25) is 0 Å². The van der Waals surface area contributed by atoms with E-state index in [1.54, 1.807) is 30.3 Å². The summed E-state index contributed by atoms with van der Waals surface area (Å²) in [4.78, 5) is 11.4. The minimum absolute atomic E-state index is 0.00466. The Kier molecular flexibility index (Phi) is 4.68. The van der Waals surface area contributed by atoms with E-state index in [1.165, 1.54) is 0 Å². The Balaban J connectivity index is 2.60. The first-order valence-corrected chi connectivity index (χ1v) is 4.83. The van der Waals surface area contributed by atoms with Crippen LogP contribution in [0.5, 0.6) is 0 Å². The number of terminal acetylenes is 1. The van der Waals surface area contributed by atoms with Crippen LogP contribution in [0, 0.1) is 12.3 Å². The lowest BCUT2D eigenvalue weighted by atomic mass is 10.2. The van der Waals surface area contributed by atoms with Crippen molar-refractivity contribution in [1.82, 2.24) is 0 Å². The molecule has 0 unspecified atom stereocenters. The number of ether oxygens (including phenoxy) is 1.